The number of nitrogens with two attached hydrogens (primary N) is 1. The van der Waals surface area contributed by atoms with E-state index in [0.717, 1.165) is 5.56 Å². The molecule has 1 aromatic heterocycles. The van der Waals surface area contributed by atoms with Crippen molar-refractivity contribution in [2.24, 2.45) is 5.73 Å². The molecule has 0 aliphatic heterocycles. The summed E-state index contributed by atoms with van der Waals surface area (Å²) in [5.41, 5.74) is 5.53. The summed E-state index contributed by atoms with van der Waals surface area (Å²) in [5.74, 6) is 6.32. The number of aromatic amines is 1. The summed E-state index contributed by atoms with van der Waals surface area (Å²) in [7, 11) is 0. The van der Waals surface area contributed by atoms with Crippen LogP contribution in [0.2, 0.25) is 0 Å². The Kier molecular flexibility index (Phi) is 4.96. The van der Waals surface area contributed by atoms with Gasteiger partial charge in [-0.05, 0) is 18.2 Å². The number of hydrogen-bond donors (Lipinski definition) is 2. The number of nitrogens with zero attached hydrogens (tertiary/aromatic N) is 1. The standard InChI is InChI=1S/C15H15N3O3/c16-8-2-4-12-3-1-5-13(11-12)21-10-9-18-15(20)7-6-14(19)17-18/h1,3,5-7,11H,8-10,16H2,(H,17,19). The highest BCUT2D eigenvalue weighted by molar-refractivity contribution is 5.39. The third-order valence-electron chi connectivity index (χ3n) is 2.64. The molecule has 0 radical (unpaired) electrons. The molecule has 1 heterocycles. The van der Waals surface area contributed by atoms with E-state index < -0.39 is 0 Å². The Morgan fingerprint density at radius 3 is 2.90 bits per heavy atom. The quantitative estimate of drug-likeness (QED) is 0.769. The molecule has 6 heteroatoms. The van der Waals surface area contributed by atoms with Crippen LogP contribution in [0.5, 0.6) is 5.75 Å². The molecule has 0 aliphatic carbocycles. The van der Waals surface area contributed by atoms with Gasteiger partial charge in [0, 0.05) is 17.7 Å². The molecule has 0 amide bonds. The molecule has 0 spiro atoms. The van der Waals surface area contributed by atoms with Crippen LogP contribution >= 0.6 is 0 Å². The molecule has 1 aromatic carbocycles. The molecule has 0 atom stereocenters. The van der Waals surface area contributed by atoms with Crippen molar-refractivity contribution in [1.29, 1.82) is 0 Å². The van der Waals surface area contributed by atoms with E-state index in [4.69, 9.17) is 10.5 Å². The second-order valence-electron chi connectivity index (χ2n) is 4.18. The van der Waals surface area contributed by atoms with E-state index >= 15 is 0 Å². The number of benzene rings is 1. The largest absolute Gasteiger partial charge is 0.492 e. The molecular weight excluding hydrogens is 270 g/mol. The Balaban J connectivity index is 1.99. The van der Waals surface area contributed by atoms with Crippen LogP contribution in [0.3, 0.4) is 0 Å². The molecule has 108 valence electrons. The van der Waals surface area contributed by atoms with Gasteiger partial charge >= 0.3 is 0 Å². The molecular formula is C15H15N3O3. The monoisotopic (exact) mass is 285 g/mol. The van der Waals surface area contributed by atoms with Crippen molar-refractivity contribution in [2.45, 2.75) is 6.54 Å². The van der Waals surface area contributed by atoms with Crippen molar-refractivity contribution in [3.8, 4) is 17.6 Å². The third-order valence-corrected chi connectivity index (χ3v) is 2.64. The Labute approximate surface area is 121 Å². The van der Waals surface area contributed by atoms with Crippen molar-refractivity contribution < 1.29 is 4.74 Å². The van der Waals surface area contributed by atoms with E-state index in [9.17, 15) is 9.59 Å². The summed E-state index contributed by atoms with van der Waals surface area (Å²) in [6.07, 6.45) is 0. The smallest absolute Gasteiger partial charge is 0.265 e. The van der Waals surface area contributed by atoms with Crippen LogP contribution in [-0.2, 0) is 6.54 Å². The van der Waals surface area contributed by atoms with E-state index in [2.05, 4.69) is 16.9 Å². The predicted octanol–water partition coefficient (Wildman–Crippen LogP) is -0.0742. The molecule has 0 fully saturated rings. The number of hydrogen-bond acceptors (Lipinski definition) is 4. The van der Waals surface area contributed by atoms with Crippen LogP contribution in [0, 0.1) is 11.8 Å². The Morgan fingerprint density at radius 2 is 2.10 bits per heavy atom. The minimum absolute atomic E-state index is 0.258. The average molecular weight is 285 g/mol. The fourth-order valence-corrected chi connectivity index (χ4v) is 1.70. The molecule has 21 heavy (non-hydrogen) atoms. The summed E-state index contributed by atoms with van der Waals surface area (Å²) in [6.45, 7) is 0.816. The zero-order valence-electron chi connectivity index (χ0n) is 11.3. The summed E-state index contributed by atoms with van der Waals surface area (Å²) < 4.78 is 6.75. The van der Waals surface area contributed by atoms with Crippen molar-refractivity contribution in [2.75, 3.05) is 13.2 Å². The van der Waals surface area contributed by atoms with Crippen molar-refractivity contribution in [3.05, 3.63) is 62.7 Å². The van der Waals surface area contributed by atoms with Crippen molar-refractivity contribution in [3.63, 3.8) is 0 Å². The fourth-order valence-electron chi connectivity index (χ4n) is 1.70. The predicted molar refractivity (Wildman–Crippen MR) is 79.2 cm³/mol. The Bertz CT molecular complexity index is 781. The van der Waals surface area contributed by atoms with E-state index in [1.807, 2.05) is 12.1 Å². The SMILES string of the molecule is NCC#Cc1cccc(OCCn2[nH]c(=O)ccc2=O)c1. The second-order valence-corrected chi connectivity index (χ2v) is 4.18. The lowest BCUT2D eigenvalue weighted by molar-refractivity contribution is 0.287. The molecule has 2 rings (SSSR count). The van der Waals surface area contributed by atoms with Crippen LogP contribution in [0.15, 0.2) is 46.0 Å². The lowest BCUT2D eigenvalue weighted by Gasteiger charge is -2.08. The number of aromatic nitrogens is 2. The van der Waals surface area contributed by atoms with E-state index in [1.54, 1.807) is 12.1 Å². The maximum absolute atomic E-state index is 11.5. The third kappa shape index (κ3) is 4.37. The normalized spacial score (nSPS) is 9.76. The number of nitrogens with one attached hydrogen (secondary N) is 1. The molecule has 0 saturated heterocycles. The number of H-pyrrole nitrogens is 1. The number of rotatable bonds is 4. The zero-order chi connectivity index (χ0) is 15.1. The molecule has 0 aliphatic rings. The van der Waals surface area contributed by atoms with Crippen LogP contribution < -0.4 is 21.6 Å². The Hall–Kier alpha value is -2.78. The lowest BCUT2D eigenvalue weighted by atomic mass is 10.2. The highest BCUT2D eigenvalue weighted by atomic mass is 16.5. The highest BCUT2D eigenvalue weighted by Gasteiger charge is 1.98. The van der Waals surface area contributed by atoms with Gasteiger partial charge < -0.3 is 10.5 Å². The molecule has 0 bridgehead atoms. The molecule has 0 saturated carbocycles. The van der Waals surface area contributed by atoms with Gasteiger partial charge in [0.1, 0.15) is 12.4 Å². The first-order chi connectivity index (χ1) is 10.2. The summed E-state index contributed by atoms with van der Waals surface area (Å²) in [5, 5.41) is 2.43. The Morgan fingerprint density at radius 1 is 1.24 bits per heavy atom. The fraction of sp³-hybridized carbons (Fsp3) is 0.200. The van der Waals surface area contributed by atoms with Crippen molar-refractivity contribution in [1.82, 2.24) is 9.78 Å². The van der Waals surface area contributed by atoms with Crippen LogP contribution in [0.25, 0.3) is 0 Å². The second kappa shape index (κ2) is 7.12. The molecule has 3 N–H and O–H groups in total. The van der Waals surface area contributed by atoms with Gasteiger partial charge in [-0.25, -0.2) is 4.68 Å². The van der Waals surface area contributed by atoms with Gasteiger partial charge in [-0.3, -0.25) is 14.7 Å². The van der Waals surface area contributed by atoms with Gasteiger partial charge in [-0.2, -0.15) is 0 Å². The maximum atomic E-state index is 11.5. The number of ether oxygens (including phenoxy) is 1. The van der Waals surface area contributed by atoms with Gasteiger partial charge in [-0.15, -0.1) is 0 Å². The minimum atomic E-state index is -0.325. The van der Waals surface area contributed by atoms with E-state index in [0.29, 0.717) is 12.3 Å². The topological polar surface area (TPSA) is 90.1 Å². The van der Waals surface area contributed by atoms with Gasteiger partial charge in [-0.1, -0.05) is 17.9 Å². The zero-order valence-corrected chi connectivity index (χ0v) is 11.3. The summed E-state index contributed by atoms with van der Waals surface area (Å²) >= 11 is 0. The van der Waals surface area contributed by atoms with Crippen LogP contribution in [-0.4, -0.2) is 22.9 Å². The first-order valence-electron chi connectivity index (χ1n) is 6.41. The van der Waals surface area contributed by atoms with E-state index in [1.165, 1.54) is 16.8 Å². The van der Waals surface area contributed by atoms with E-state index in [-0.39, 0.29) is 24.3 Å². The maximum Gasteiger partial charge on any atom is 0.265 e. The first kappa shape index (κ1) is 14.6. The van der Waals surface area contributed by atoms with Gasteiger partial charge in [0.2, 0.25) is 0 Å². The van der Waals surface area contributed by atoms with Gasteiger partial charge in [0.15, 0.2) is 0 Å². The van der Waals surface area contributed by atoms with Crippen LogP contribution in [0.4, 0.5) is 0 Å². The first-order valence-corrected chi connectivity index (χ1v) is 6.41. The molecule has 6 nitrogen and oxygen atoms in total. The highest BCUT2D eigenvalue weighted by Crippen LogP contribution is 2.12. The summed E-state index contributed by atoms with van der Waals surface area (Å²) in [6, 6.07) is 9.69. The molecule has 0 unspecified atom stereocenters. The van der Waals surface area contributed by atoms with Crippen LogP contribution in [0.1, 0.15) is 5.56 Å². The summed E-state index contributed by atoms with van der Waals surface area (Å²) in [4.78, 5) is 22.6. The molecule has 2 aromatic rings. The average Bonchev–Trinajstić information content (AvgIpc) is 2.49. The van der Waals surface area contributed by atoms with Gasteiger partial charge in [0.25, 0.3) is 11.1 Å². The van der Waals surface area contributed by atoms with Gasteiger partial charge in [0.05, 0.1) is 13.1 Å². The van der Waals surface area contributed by atoms with Crippen molar-refractivity contribution >= 4 is 0 Å². The lowest BCUT2D eigenvalue weighted by Crippen LogP contribution is -2.29. The minimum Gasteiger partial charge on any atom is -0.492 e.